The third-order valence-corrected chi connectivity index (χ3v) is 1.07. The van der Waals surface area contributed by atoms with Gasteiger partial charge in [0.2, 0.25) is 0 Å². The van der Waals surface area contributed by atoms with Gasteiger partial charge in [-0.1, -0.05) is 0 Å². The Labute approximate surface area is 58.0 Å². The van der Waals surface area contributed by atoms with Crippen LogP contribution in [0.1, 0.15) is 10.4 Å². The van der Waals surface area contributed by atoms with Crippen LogP contribution in [0.25, 0.3) is 0 Å². The first-order valence-electron chi connectivity index (χ1n) is 2.75. The van der Waals surface area contributed by atoms with Crippen LogP contribution in [0, 0.1) is 0 Å². The Morgan fingerprint density at radius 3 is 2.60 bits per heavy atom. The highest BCUT2D eigenvalue weighted by molar-refractivity contribution is 5.93. The van der Waals surface area contributed by atoms with Crippen LogP contribution in [0.15, 0.2) is 24.5 Å². The van der Waals surface area contributed by atoms with Gasteiger partial charge in [0.05, 0.1) is 0 Å². The summed E-state index contributed by atoms with van der Waals surface area (Å²) in [5, 5.41) is 0. The van der Waals surface area contributed by atoms with Crippen molar-refractivity contribution in [3.63, 3.8) is 0 Å². The standard InChI is InChI=1S/C6H7N3O/c7-9-6(10)5-1-3-8-4-2-5/h1-4H,7H2,(H,9,10)/i3+1. The molecule has 1 aromatic rings. The van der Waals surface area contributed by atoms with Crippen molar-refractivity contribution in [2.45, 2.75) is 0 Å². The average molecular weight is 138 g/mol. The van der Waals surface area contributed by atoms with E-state index in [1.165, 1.54) is 12.4 Å². The number of pyridine rings is 1. The predicted molar refractivity (Wildman–Crippen MR) is 35.9 cm³/mol. The molecule has 1 aromatic heterocycles. The van der Waals surface area contributed by atoms with Crippen molar-refractivity contribution >= 4 is 5.91 Å². The molecule has 0 aliphatic carbocycles. The zero-order valence-corrected chi connectivity index (χ0v) is 5.24. The number of hydrogen-bond donors (Lipinski definition) is 2. The monoisotopic (exact) mass is 138 g/mol. The largest absolute Gasteiger partial charge is 0.290 e. The Kier molecular flexibility index (Phi) is 1.96. The number of hydrazine groups is 1. The first kappa shape index (κ1) is 6.70. The topological polar surface area (TPSA) is 68.0 Å². The Morgan fingerprint density at radius 2 is 2.10 bits per heavy atom. The van der Waals surface area contributed by atoms with Gasteiger partial charge in [-0.2, -0.15) is 0 Å². The zero-order valence-electron chi connectivity index (χ0n) is 5.24. The highest BCUT2D eigenvalue weighted by atomic mass is 16.2. The van der Waals surface area contributed by atoms with Crippen LogP contribution in [-0.4, -0.2) is 10.9 Å². The Morgan fingerprint density at radius 1 is 1.50 bits per heavy atom. The van der Waals surface area contributed by atoms with Gasteiger partial charge < -0.3 is 0 Å². The maximum atomic E-state index is 10.7. The van der Waals surface area contributed by atoms with Gasteiger partial charge >= 0.3 is 0 Å². The summed E-state index contributed by atoms with van der Waals surface area (Å²) >= 11 is 0. The minimum absolute atomic E-state index is 0.303. The second-order valence-corrected chi connectivity index (χ2v) is 1.71. The summed E-state index contributed by atoms with van der Waals surface area (Å²) in [5.74, 6) is 4.58. The van der Waals surface area contributed by atoms with E-state index in [0.717, 1.165) is 0 Å². The van der Waals surface area contributed by atoms with E-state index in [0.29, 0.717) is 5.56 Å². The molecule has 0 atom stereocenters. The molecule has 0 unspecified atom stereocenters. The molecule has 0 aromatic carbocycles. The van der Waals surface area contributed by atoms with Crippen molar-refractivity contribution in [1.82, 2.24) is 10.4 Å². The van der Waals surface area contributed by atoms with Crippen molar-refractivity contribution in [3.05, 3.63) is 30.1 Å². The van der Waals surface area contributed by atoms with Gasteiger partial charge in [-0.25, -0.2) is 5.84 Å². The van der Waals surface area contributed by atoms with E-state index >= 15 is 0 Å². The summed E-state index contributed by atoms with van der Waals surface area (Å²) in [7, 11) is 0. The number of nitrogens with one attached hydrogen (secondary N) is 1. The van der Waals surface area contributed by atoms with E-state index in [9.17, 15) is 4.79 Å². The highest BCUT2D eigenvalue weighted by Gasteiger charge is 1.98. The van der Waals surface area contributed by atoms with Gasteiger partial charge in [-0.05, 0) is 12.1 Å². The molecule has 4 heteroatoms. The molecule has 0 radical (unpaired) electrons. The molecule has 0 bridgehead atoms. The lowest BCUT2D eigenvalue weighted by Gasteiger charge is -1.95. The highest BCUT2D eigenvalue weighted by Crippen LogP contribution is 1.93. The molecule has 52 valence electrons. The summed E-state index contributed by atoms with van der Waals surface area (Å²) in [5.41, 5.74) is 2.53. The van der Waals surface area contributed by atoms with Crippen LogP contribution in [-0.2, 0) is 0 Å². The lowest BCUT2D eigenvalue weighted by molar-refractivity contribution is 0.0953. The first-order chi connectivity index (χ1) is 4.84. The van der Waals surface area contributed by atoms with Crippen molar-refractivity contribution in [1.29, 1.82) is 0 Å². The van der Waals surface area contributed by atoms with Crippen molar-refractivity contribution in [3.8, 4) is 0 Å². The van der Waals surface area contributed by atoms with Gasteiger partial charge in [-0.3, -0.25) is 15.2 Å². The number of carbonyl (C=O) groups is 1. The van der Waals surface area contributed by atoms with E-state index in [-0.39, 0.29) is 5.91 Å². The summed E-state index contributed by atoms with van der Waals surface area (Å²) in [4.78, 5) is 14.5. The predicted octanol–water partition coefficient (Wildman–Crippen LogP) is -0.315. The van der Waals surface area contributed by atoms with Crippen LogP contribution >= 0.6 is 0 Å². The molecule has 10 heavy (non-hydrogen) atoms. The molecule has 1 heterocycles. The minimum Gasteiger partial charge on any atom is -0.290 e. The second-order valence-electron chi connectivity index (χ2n) is 1.71. The SMILES string of the molecule is NNC(=O)c1ccn[13cH]c1. The normalized spacial score (nSPS) is 8.90. The molecule has 0 spiro atoms. The molecule has 0 aliphatic heterocycles. The maximum Gasteiger partial charge on any atom is 0.265 e. The third kappa shape index (κ3) is 1.29. The molecule has 0 saturated carbocycles. The minimum atomic E-state index is -0.303. The van der Waals surface area contributed by atoms with E-state index in [4.69, 9.17) is 5.84 Å². The fraction of sp³-hybridized carbons (Fsp3) is 0. The van der Waals surface area contributed by atoms with Gasteiger partial charge in [0.15, 0.2) is 0 Å². The van der Waals surface area contributed by atoms with Crippen molar-refractivity contribution < 1.29 is 4.79 Å². The molecule has 4 nitrogen and oxygen atoms in total. The van der Waals surface area contributed by atoms with Gasteiger partial charge in [0, 0.05) is 18.0 Å². The van der Waals surface area contributed by atoms with Crippen LogP contribution in [0.4, 0.5) is 0 Å². The molecule has 0 fully saturated rings. The zero-order chi connectivity index (χ0) is 7.40. The Balaban J connectivity index is 2.85. The lowest BCUT2D eigenvalue weighted by atomic mass is 10.3. The average Bonchev–Trinajstić information content (AvgIpc) is 2.05. The van der Waals surface area contributed by atoms with Crippen molar-refractivity contribution in [2.75, 3.05) is 0 Å². The number of hydrogen-bond acceptors (Lipinski definition) is 3. The number of amides is 1. The molecule has 0 aliphatic rings. The number of nitrogen functional groups attached to an aromatic ring is 1. The van der Waals surface area contributed by atoms with Crippen LogP contribution in [0.2, 0.25) is 0 Å². The van der Waals surface area contributed by atoms with Crippen LogP contribution in [0.5, 0.6) is 0 Å². The second kappa shape index (κ2) is 2.93. The first-order valence-corrected chi connectivity index (χ1v) is 2.75. The molecule has 1 rings (SSSR count). The van der Waals surface area contributed by atoms with Crippen LogP contribution < -0.4 is 11.3 Å². The van der Waals surface area contributed by atoms with Crippen molar-refractivity contribution in [2.24, 2.45) is 5.84 Å². The Bertz CT molecular complexity index is 222. The van der Waals surface area contributed by atoms with E-state index in [1.54, 1.807) is 12.1 Å². The molecule has 1 amide bonds. The quantitative estimate of drug-likeness (QED) is 0.317. The van der Waals surface area contributed by atoms with E-state index in [2.05, 4.69) is 4.98 Å². The third-order valence-electron chi connectivity index (χ3n) is 1.07. The van der Waals surface area contributed by atoms with E-state index < -0.39 is 0 Å². The van der Waals surface area contributed by atoms with Gasteiger partial charge in [0.25, 0.3) is 5.91 Å². The maximum absolute atomic E-state index is 10.7. The summed E-state index contributed by atoms with van der Waals surface area (Å²) < 4.78 is 0. The molecule has 3 N–H and O–H groups in total. The summed E-state index contributed by atoms with van der Waals surface area (Å²) in [6.07, 6.45) is 3.06. The number of carbonyl (C=O) groups excluding carboxylic acids is 1. The van der Waals surface area contributed by atoms with Crippen LogP contribution in [0.3, 0.4) is 0 Å². The Hall–Kier alpha value is -1.42. The number of rotatable bonds is 1. The lowest BCUT2D eigenvalue weighted by Crippen LogP contribution is -2.29. The fourth-order valence-corrected chi connectivity index (χ4v) is 0.587. The summed E-state index contributed by atoms with van der Waals surface area (Å²) in [6.45, 7) is 0. The van der Waals surface area contributed by atoms with Gasteiger partial charge in [0.1, 0.15) is 0 Å². The molecular weight excluding hydrogens is 131 g/mol. The summed E-state index contributed by atoms with van der Waals surface area (Å²) in [6, 6.07) is 3.17. The number of nitrogens with two attached hydrogens (primary N) is 1. The van der Waals surface area contributed by atoms with E-state index in [1.807, 2.05) is 5.43 Å². The van der Waals surface area contributed by atoms with Gasteiger partial charge in [-0.15, -0.1) is 0 Å². The number of aromatic nitrogens is 1. The number of nitrogens with zero attached hydrogens (tertiary/aromatic N) is 1. The fourth-order valence-electron chi connectivity index (χ4n) is 0.587. The molecular formula is C6H7N3O. The smallest absolute Gasteiger partial charge is 0.265 e. The molecule has 0 saturated heterocycles.